The van der Waals surface area contributed by atoms with Crippen LogP contribution in [-0.4, -0.2) is 18.2 Å². The van der Waals surface area contributed by atoms with Crippen molar-refractivity contribution in [3.8, 4) is 5.75 Å². The van der Waals surface area contributed by atoms with Crippen molar-refractivity contribution in [2.24, 2.45) is 0 Å². The lowest BCUT2D eigenvalue weighted by atomic mass is 9.98. The van der Waals surface area contributed by atoms with E-state index in [1.54, 1.807) is 12.1 Å². The summed E-state index contributed by atoms with van der Waals surface area (Å²) in [5, 5.41) is 9.32. The predicted molar refractivity (Wildman–Crippen MR) is 55.8 cm³/mol. The number of ether oxygens (including phenoxy) is 1. The first kappa shape index (κ1) is 10.0. The van der Waals surface area contributed by atoms with Crippen molar-refractivity contribution in [3.63, 3.8) is 0 Å². The minimum atomic E-state index is -0.166. The number of carbonyl (C=O) groups is 1. The van der Waals surface area contributed by atoms with Gasteiger partial charge in [0.25, 0.3) is 0 Å². The molecule has 1 N–H and O–H groups in total. The van der Waals surface area contributed by atoms with Crippen LogP contribution in [0.15, 0.2) is 18.2 Å². The van der Waals surface area contributed by atoms with Gasteiger partial charge in [-0.25, -0.2) is 0 Å². The molecule has 1 aliphatic rings. The number of rotatable bonds is 2. The number of hydrogen-bond acceptors (Lipinski definition) is 3. The zero-order valence-electron chi connectivity index (χ0n) is 8.69. The first-order chi connectivity index (χ1) is 7.20. The quantitative estimate of drug-likeness (QED) is 0.753. The van der Waals surface area contributed by atoms with Gasteiger partial charge in [0.05, 0.1) is 13.5 Å². The Kier molecular flexibility index (Phi) is 2.62. The Labute approximate surface area is 88.7 Å². The lowest BCUT2D eigenvalue weighted by Crippen LogP contribution is -2.06. The van der Waals surface area contributed by atoms with E-state index in [1.165, 1.54) is 12.7 Å². The number of hydrogen-bond donors (Lipinski definition) is 1. The van der Waals surface area contributed by atoms with Crippen LogP contribution in [0.25, 0.3) is 0 Å². The first-order valence-electron chi connectivity index (χ1n) is 5.09. The highest BCUT2D eigenvalue weighted by molar-refractivity contribution is 5.70. The zero-order valence-corrected chi connectivity index (χ0v) is 8.69. The van der Waals surface area contributed by atoms with Crippen molar-refractivity contribution in [1.29, 1.82) is 0 Å². The molecule has 1 aliphatic carbocycles. The maximum absolute atomic E-state index is 11.2. The summed E-state index contributed by atoms with van der Waals surface area (Å²) in [6, 6.07) is 5.37. The second-order valence-electron chi connectivity index (χ2n) is 3.90. The molecule has 0 unspecified atom stereocenters. The van der Waals surface area contributed by atoms with Gasteiger partial charge in [-0.2, -0.15) is 0 Å². The Hall–Kier alpha value is -1.51. The minimum absolute atomic E-state index is 0.166. The molecular weight excluding hydrogens is 192 g/mol. The number of esters is 1. The maximum atomic E-state index is 11.2. The molecule has 1 atom stereocenters. The molecule has 0 aliphatic heterocycles. The Balaban J connectivity index is 2.18. The van der Waals surface area contributed by atoms with Crippen molar-refractivity contribution in [2.75, 3.05) is 7.11 Å². The molecule has 0 amide bonds. The van der Waals surface area contributed by atoms with E-state index in [4.69, 9.17) is 0 Å². The number of phenols is 1. The molecule has 1 aromatic rings. The van der Waals surface area contributed by atoms with Gasteiger partial charge in [0.15, 0.2) is 0 Å². The molecule has 0 saturated carbocycles. The van der Waals surface area contributed by atoms with Crippen LogP contribution in [0.1, 0.15) is 29.9 Å². The minimum Gasteiger partial charge on any atom is -0.508 e. The number of carbonyl (C=O) groups excluding carboxylic acids is 1. The smallest absolute Gasteiger partial charge is 0.306 e. The third kappa shape index (κ3) is 1.96. The molecule has 0 fully saturated rings. The number of aryl methyl sites for hydroxylation is 1. The molecule has 2 rings (SSSR count). The van der Waals surface area contributed by atoms with Gasteiger partial charge in [-0.05, 0) is 42.0 Å². The van der Waals surface area contributed by atoms with Crippen molar-refractivity contribution in [2.45, 2.75) is 25.2 Å². The Morgan fingerprint density at radius 1 is 1.60 bits per heavy atom. The fourth-order valence-corrected chi connectivity index (χ4v) is 2.19. The number of benzene rings is 1. The number of phenolic OH excluding ortho intramolecular Hbond substituents is 1. The summed E-state index contributed by atoms with van der Waals surface area (Å²) in [5.41, 5.74) is 2.34. The summed E-state index contributed by atoms with van der Waals surface area (Å²) < 4.78 is 4.66. The van der Waals surface area contributed by atoms with Crippen LogP contribution in [-0.2, 0) is 16.0 Å². The molecule has 80 valence electrons. The van der Waals surface area contributed by atoms with Gasteiger partial charge in [-0.15, -0.1) is 0 Å². The lowest BCUT2D eigenvalue weighted by molar-refractivity contribution is -0.141. The molecule has 3 nitrogen and oxygen atoms in total. The second-order valence-corrected chi connectivity index (χ2v) is 3.90. The zero-order chi connectivity index (χ0) is 10.8. The molecule has 0 heterocycles. The fourth-order valence-electron chi connectivity index (χ4n) is 2.19. The van der Waals surface area contributed by atoms with E-state index < -0.39 is 0 Å². The van der Waals surface area contributed by atoms with E-state index in [9.17, 15) is 9.90 Å². The van der Waals surface area contributed by atoms with E-state index >= 15 is 0 Å². The Bertz CT molecular complexity index is 384. The van der Waals surface area contributed by atoms with Crippen LogP contribution < -0.4 is 0 Å². The first-order valence-corrected chi connectivity index (χ1v) is 5.09. The molecular formula is C12H14O3. The molecule has 0 radical (unpaired) electrons. The van der Waals surface area contributed by atoms with Crippen molar-refractivity contribution in [1.82, 2.24) is 0 Å². The number of methoxy groups -OCH3 is 1. The molecule has 15 heavy (non-hydrogen) atoms. The van der Waals surface area contributed by atoms with Crippen LogP contribution >= 0.6 is 0 Å². The highest BCUT2D eigenvalue weighted by Gasteiger charge is 2.25. The third-order valence-corrected chi connectivity index (χ3v) is 2.97. The van der Waals surface area contributed by atoms with Crippen molar-refractivity contribution in [3.05, 3.63) is 29.3 Å². The van der Waals surface area contributed by atoms with Crippen LogP contribution in [0.3, 0.4) is 0 Å². The summed E-state index contributed by atoms with van der Waals surface area (Å²) in [6.07, 6.45) is 2.34. The van der Waals surface area contributed by atoms with E-state index in [2.05, 4.69) is 4.74 Å². The molecule has 0 bridgehead atoms. The average Bonchev–Trinajstić information content (AvgIpc) is 2.60. The van der Waals surface area contributed by atoms with Crippen LogP contribution in [0.4, 0.5) is 0 Å². The van der Waals surface area contributed by atoms with Crippen molar-refractivity contribution < 1.29 is 14.6 Å². The Morgan fingerprint density at radius 2 is 2.40 bits per heavy atom. The van der Waals surface area contributed by atoms with Crippen LogP contribution in [0.5, 0.6) is 5.75 Å². The van der Waals surface area contributed by atoms with Gasteiger partial charge in [0.2, 0.25) is 0 Å². The van der Waals surface area contributed by atoms with Crippen LogP contribution in [0, 0.1) is 0 Å². The van der Waals surface area contributed by atoms with Gasteiger partial charge >= 0.3 is 5.97 Å². The SMILES string of the molecule is COC(=O)C[C@H]1CCc2cc(O)ccc21. The summed E-state index contributed by atoms with van der Waals surface area (Å²) in [6.45, 7) is 0. The monoisotopic (exact) mass is 206 g/mol. The van der Waals surface area contributed by atoms with E-state index in [1.807, 2.05) is 6.07 Å². The normalized spacial score (nSPS) is 18.6. The Morgan fingerprint density at radius 3 is 3.13 bits per heavy atom. The summed E-state index contributed by atoms with van der Waals surface area (Å²) in [7, 11) is 1.41. The fraction of sp³-hybridized carbons (Fsp3) is 0.417. The van der Waals surface area contributed by atoms with Gasteiger partial charge in [0, 0.05) is 0 Å². The van der Waals surface area contributed by atoms with Crippen LogP contribution in [0.2, 0.25) is 0 Å². The summed E-state index contributed by atoms with van der Waals surface area (Å²) in [4.78, 5) is 11.2. The van der Waals surface area contributed by atoms with Gasteiger partial charge in [-0.3, -0.25) is 4.79 Å². The highest BCUT2D eigenvalue weighted by atomic mass is 16.5. The van der Waals surface area contributed by atoms with E-state index in [0.29, 0.717) is 12.2 Å². The summed E-state index contributed by atoms with van der Waals surface area (Å²) >= 11 is 0. The van der Waals surface area contributed by atoms with E-state index in [-0.39, 0.29) is 11.9 Å². The van der Waals surface area contributed by atoms with Gasteiger partial charge in [0.1, 0.15) is 5.75 Å². The van der Waals surface area contributed by atoms with Crippen molar-refractivity contribution >= 4 is 5.97 Å². The molecule has 1 aromatic carbocycles. The third-order valence-electron chi connectivity index (χ3n) is 2.97. The van der Waals surface area contributed by atoms with Gasteiger partial charge in [-0.1, -0.05) is 6.07 Å². The van der Waals surface area contributed by atoms with Gasteiger partial charge < -0.3 is 9.84 Å². The molecule has 0 spiro atoms. The molecule has 0 saturated heterocycles. The largest absolute Gasteiger partial charge is 0.508 e. The highest BCUT2D eigenvalue weighted by Crippen LogP contribution is 2.37. The lowest BCUT2D eigenvalue weighted by Gasteiger charge is -2.09. The topological polar surface area (TPSA) is 46.5 Å². The maximum Gasteiger partial charge on any atom is 0.306 e. The standard InChI is InChI=1S/C12H14O3/c1-15-12(14)7-9-3-2-8-6-10(13)4-5-11(8)9/h4-6,9,13H,2-3,7H2,1H3/t9-/m1/s1. The summed E-state index contributed by atoms with van der Waals surface area (Å²) in [5.74, 6) is 0.390. The molecule has 3 heteroatoms. The number of aromatic hydroxyl groups is 1. The second kappa shape index (κ2) is 3.93. The molecule has 0 aromatic heterocycles. The predicted octanol–water partition coefficient (Wildman–Crippen LogP) is 1.99. The average molecular weight is 206 g/mol. The van der Waals surface area contributed by atoms with E-state index in [0.717, 1.165) is 18.4 Å². The number of fused-ring (bicyclic) bond motifs is 1.